The summed E-state index contributed by atoms with van der Waals surface area (Å²) in [6, 6.07) is 10.2. The number of azo groups is 1. The fraction of sp³-hybridized carbons (Fsp3) is 0.100. The van der Waals surface area contributed by atoms with Crippen molar-refractivity contribution in [3.8, 4) is 11.5 Å². The van der Waals surface area contributed by atoms with Crippen LogP contribution < -0.4 is 39.0 Å². The minimum atomic E-state index is -5.10. The normalized spacial score (nSPS) is 11.8. The average Bonchev–Trinajstić information content (AvgIpc) is 2.71. The molecule has 0 aliphatic rings. The second-order valence-corrected chi connectivity index (χ2v) is 9.49. The van der Waals surface area contributed by atoms with Gasteiger partial charge in [0.2, 0.25) is 0 Å². The van der Waals surface area contributed by atoms with Gasteiger partial charge < -0.3 is 14.0 Å². The predicted octanol–water partition coefficient (Wildman–Crippen LogP) is 0.261. The van der Waals surface area contributed by atoms with Crippen molar-refractivity contribution in [1.82, 2.24) is 0 Å². The van der Waals surface area contributed by atoms with Crippen molar-refractivity contribution in [2.24, 2.45) is 10.2 Å². The van der Waals surface area contributed by atoms with Crippen molar-refractivity contribution in [3.05, 3.63) is 48.5 Å². The summed E-state index contributed by atoms with van der Waals surface area (Å²) in [6.07, 6.45) is 0. The van der Waals surface area contributed by atoms with E-state index in [4.69, 9.17) is 9.47 Å². The minimum absolute atomic E-state index is 0. The Labute approximate surface area is 221 Å². The van der Waals surface area contributed by atoms with Crippen molar-refractivity contribution in [3.63, 3.8) is 0 Å². The molecule has 1 N–H and O–H groups in total. The average molecular weight is 530 g/mol. The van der Waals surface area contributed by atoms with Crippen LogP contribution in [0, 0.1) is 0 Å². The molecule has 0 spiro atoms. The van der Waals surface area contributed by atoms with Gasteiger partial charge in [-0.3, -0.25) is 14.1 Å². The van der Waals surface area contributed by atoms with Gasteiger partial charge in [0.05, 0.1) is 16.0 Å². The molecule has 35 heavy (non-hydrogen) atoms. The van der Waals surface area contributed by atoms with Gasteiger partial charge in [0.25, 0.3) is 10.1 Å². The van der Waals surface area contributed by atoms with Crippen LogP contribution in [-0.2, 0) is 29.8 Å². The topological polar surface area (TPSA) is 189 Å². The molecule has 0 aliphatic carbocycles. The monoisotopic (exact) mass is 530 g/mol. The third-order valence-corrected chi connectivity index (χ3v) is 5.84. The third-order valence-electron chi connectivity index (χ3n) is 4.16. The van der Waals surface area contributed by atoms with Gasteiger partial charge in [-0.15, -0.1) is 5.11 Å². The summed E-state index contributed by atoms with van der Waals surface area (Å²) in [5.74, 6) is -3.03. The van der Waals surface area contributed by atoms with Crippen LogP contribution in [0.25, 0.3) is 10.8 Å². The fourth-order valence-electron chi connectivity index (χ4n) is 2.92. The molecule has 0 saturated heterocycles. The first-order valence-electron chi connectivity index (χ1n) is 9.19. The van der Waals surface area contributed by atoms with E-state index in [1.807, 2.05) is 0 Å². The number of ether oxygens (including phenoxy) is 2. The van der Waals surface area contributed by atoms with Gasteiger partial charge in [0, 0.05) is 13.8 Å². The van der Waals surface area contributed by atoms with Crippen molar-refractivity contribution in [1.29, 1.82) is 0 Å². The van der Waals surface area contributed by atoms with E-state index in [0.29, 0.717) is 6.07 Å². The Morgan fingerprint density at radius 1 is 0.914 bits per heavy atom. The van der Waals surface area contributed by atoms with Crippen molar-refractivity contribution < 1.29 is 74.6 Å². The molecule has 0 radical (unpaired) electrons. The van der Waals surface area contributed by atoms with Crippen molar-refractivity contribution in [2.45, 2.75) is 23.6 Å². The van der Waals surface area contributed by atoms with Gasteiger partial charge in [-0.1, -0.05) is 18.2 Å². The first kappa shape index (κ1) is 28.5. The maximum atomic E-state index is 12.1. The zero-order valence-corrected chi connectivity index (χ0v) is 22.1. The van der Waals surface area contributed by atoms with E-state index >= 15 is 0 Å². The fourth-order valence-corrected chi connectivity index (χ4v) is 4.10. The molecule has 0 unspecified atom stereocenters. The summed E-state index contributed by atoms with van der Waals surface area (Å²) in [4.78, 5) is 21.7. The molecule has 12 nitrogen and oxygen atoms in total. The first-order chi connectivity index (χ1) is 15.8. The molecule has 0 atom stereocenters. The Bertz CT molecular complexity index is 1550. The minimum Gasteiger partial charge on any atom is -0.744 e. The van der Waals surface area contributed by atoms with Gasteiger partial charge in [-0.05, 0) is 35.7 Å². The summed E-state index contributed by atoms with van der Waals surface area (Å²) < 4.78 is 79.0. The van der Waals surface area contributed by atoms with Crippen LogP contribution in [0.2, 0.25) is 0 Å². The Balaban J connectivity index is 0.00000432. The van der Waals surface area contributed by atoms with Crippen LogP contribution >= 0.6 is 0 Å². The molecule has 0 saturated carbocycles. The van der Waals surface area contributed by atoms with E-state index in [0.717, 1.165) is 26.0 Å². The molecule has 0 aromatic heterocycles. The number of nitrogens with zero attached hydrogens (tertiary/aromatic N) is 2. The second kappa shape index (κ2) is 10.9. The number of carbonyl (C=O) groups is 2. The third kappa shape index (κ3) is 6.91. The Morgan fingerprint density at radius 2 is 1.51 bits per heavy atom. The molecule has 0 bridgehead atoms. The molecule has 3 aromatic rings. The zero-order chi connectivity index (χ0) is 25.3. The summed E-state index contributed by atoms with van der Waals surface area (Å²) in [7, 11) is -10.1. The molecular formula is C20H15N2NaO10S2. The van der Waals surface area contributed by atoms with Gasteiger partial charge in [-0.2, -0.15) is 13.5 Å². The van der Waals surface area contributed by atoms with Crippen LogP contribution in [0.3, 0.4) is 0 Å². The Morgan fingerprint density at radius 3 is 2.03 bits per heavy atom. The number of hydrogen-bond donors (Lipinski definition) is 1. The van der Waals surface area contributed by atoms with Gasteiger partial charge in [0.1, 0.15) is 20.8 Å². The first-order valence-corrected chi connectivity index (χ1v) is 12.0. The Hall–Kier alpha value is -2.72. The summed E-state index contributed by atoms with van der Waals surface area (Å²) in [5, 5.41) is 7.11. The molecule has 0 heterocycles. The van der Waals surface area contributed by atoms with E-state index < -0.39 is 59.2 Å². The smallest absolute Gasteiger partial charge is 0.744 e. The maximum Gasteiger partial charge on any atom is 1.00 e. The summed E-state index contributed by atoms with van der Waals surface area (Å²) >= 11 is 0. The number of hydrogen-bond acceptors (Lipinski definition) is 11. The van der Waals surface area contributed by atoms with Crippen molar-refractivity contribution >= 4 is 54.3 Å². The van der Waals surface area contributed by atoms with Gasteiger partial charge >= 0.3 is 41.5 Å². The quantitative estimate of drug-likeness (QED) is 0.152. The van der Waals surface area contributed by atoms with E-state index in [1.165, 1.54) is 12.1 Å². The van der Waals surface area contributed by atoms with Crippen LogP contribution in [0.5, 0.6) is 11.5 Å². The van der Waals surface area contributed by atoms with Crippen LogP contribution in [0.15, 0.2) is 68.6 Å². The predicted molar refractivity (Wildman–Crippen MR) is 115 cm³/mol. The molecule has 3 rings (SSSR count). The number of esters is 2. The molecule has 0 fully saturated rings. The molecular weight excluding hydrogens is 515 g/mol. The molecule has 3 aromatic carbocycles. The molecule has 0 amide bonds. The van der Waals surface area contributed by atoms with Crippen LogP contribution in [0.4, 0.5) is 11.4 Å². The van der Waals surface area contributed by atoms with Crippen molar-refractivity contribution in [2.75, 3.05) is 0 Å². The van der Waals surface area contributed by atoms with E-state index in [9.17, 15) is 35.5 Å². The SMILES string of the molecule is CC(=O)Oc1cc(S(=O)(=O)[O-])cc2cc(S(=O)(=O)O)c(N=Nc3ccccc3)c(OC(C)=O)c12.[Na+]. The molecule has 178 valence electrons. The molecule has 0 aliphatic heterocycles. The standard InChI is InChI=1S/C20H16N2O10S2.Na/c1-11(23)31-16-10-15(33(25,26)27)8-13-9-17(34(28,29)30)19(20(18(13)16)32-12(2)24)22-21-14-6-4-3-5-7-14;/h3-10H,1-2H3,(H,25,26,27)(H,28,29,30);/q;+1/p-1. The number of rotatable bonds is 6. The molecule has 15 heteroatoms. The zero-order valence-electron chi connectivity index (χ0n) is 18.5. The number of benzene rings is 3. The van der Waals surface area contributed by atoms with Gasteiger partial charge in [0.15, 0.2) is 11.4 Å². The van der Waals surface area contributed by atoms with Crippen LogP contribution in [0.1, 0.15) is 13.8 Å². The maximum absolute atomic E-state index is 12.1. The van der Waals surface area contributed by atoms with E-state index in [1.54, 1.807) is 18.2 Å². The summed E-state index contributed by atoms with van der Waals surface area (Å²) in [5.41, 5.74) is -0.370. The van der Waals surface area contributed by atoms with E-state index in [2.05, 4.69) is 10.2 Å². The van der Waals surface area contributed by atoms with Gasteiger partial charge in [-0.25, -0.2) is 8.42 Å². The summed E-state index contributed by atoms with van der Waals surface area (Å²) in [6.45, 7) is 1.96. The number of carbonyl (C=O) groups excluding carboxylic acids is 2. The van der Waals surface area contributed by atoms with E-state index in [-0.39, 0.29) is 46.0 Å². The van der Waals surface area contributed by atoms with Crippen LogP contribution in [-0.4, -0.2) is 37.9 Å². The number of fused-ring (bicyclic) bond motifs is 1. The Kier molecular flexibility index (Phi) is 8.89. The second-order valence-electron chi connectivity index (χ2n) is 6.72. The largest absolute Gasteiger partial charge is 1.00 e.